The molecule has 5 N–H and O–H groups in total. The Morgan fingerprint density at radius 2 is 1.65 bits per heavy atom. The Morgan fingerprint density at radius 3 is 2.11 bits per heavy atom. The maximum atomic E-state index is 15.0. The summed E-state index contributed by atoms with van der Waals surface area (Å²) in [5.41, 5.74) is -4.31. The monoisotopic (exact) mass is 687 g/mol. The van der Waals surface area contributed by atoms with Gasteiger partial charge in [-0.05, 0) is 34.6 Å². The van der Waals surface area contributed by atoms with Crippen molar-refractivity contribution in [1.82, 2.24) is 9.55 Å². The van der Waals surface area contributed by atoms with Crippen LogP contribution in [0.25, 0.3) is 0 Å². The number of H-pyrrole nitrogens is 1. The van der Waals surface area contributed by atoms with Gasteiger partial charge >= 0.3 is 31.8 Å². The van der Waals surface area contributed by atoms with E-state index >= 15 is 4.39 Å². The van der Waals surface area contributed by atoms with Gasteiger partial charge in [-0.25, -0.2) is 32.4 Å². The molecule has 46 heavy (non-hydrogen) atoms. The largest absolute Gasteiger partial charge is 0.510 e. The first kappa shape index (κ1) is 37.0. The number of aromatic nitrogens is 2. The predicted molar refractivity (Wildman–Crippen MR) is 144 cm³/mol. The van der Waals surface area contributed by atoms with E-state index in [1.807, 2.05) is 4.98 Å². The average Bonchev–Trinajstić information content (AvgIpc) is 3.41. The number of fused-ring (bicyclic) bond motifs is 1. The maximum absolute atomic E-state index is 15.0. The molecule has 0 spiro atoms. The minimum Gasteiger partial charge on any atom is -0.448 e. The van der Waals surface area contributed by atoms with Gasteiger partial charge in [-0.3, -0.25) is 23.7 Å². The lowest BCUT2D eigenvalue weighted by Gasteiger charge is -2.35. The van der Waals surface area contributed by atoms with Crippen LogP contribution in [0.3, 0.4) is 0 Å². The number of nitrogens with one attached hydrogen (secondary N) is 1. The van der Waals surface area contributed by atoms with Crippen LogP contribution in [-0.2, 0) is 51.4 Å². The first-order valence-corrected chi connectivity index (χ1v) is 15.0. The van der Waals surface area contributed by atoms with E-state index in [-0.39, 0.29) is 0 Å². The van der Waals surface area contributed by atoms with Gasteiger partial charge in [0, 0.05) is 12.3 Å². The summed E-state index contributed by atoms with van der Waals surface area (Å²) < 4.78 is 74.7. The number of nitrogens with zero attached hydrogens (tertiary/aromatic N) is 1. The Kier molecular flexibility index (Phi) is 11.4. The SMILES string of the molecule is CC(C)OC(=O)OCOP(=O)(OCOC(=O)OC(C)C)OC1[C@]2(OC(=O)C(N)CO)[C@@](C)(O)[C@H](n3ccc(=O)[nH]c3=O)O[C@]12CF. The number of phosphoric ester groups is 1. The molecule has 22 heteroatoms. The zero-order valence-corrected chi connectivity index (χ0v) is 26.1. The van der Waals surface area contributed by atoms with Crippen LogP contribution in [-0.4, -0.2) is 106 Å². The zero-order valence-electron chi connectivity index (χ0n) is 25.2. The summed E-state index contributed by atoms with van der Waals surface area (Å²) in [7, 11) is -5.20. The molecule has 1 aromatic rings. The number of aromatic amines is 1. The number of hydrogen-bond donors (Lipinski definition) is 4. The van der Waals surface area contributed by atoms with Crippen LogP contribution < -0.4 is 17.0 Å². The third-order valence-electron chi connectivity index (χ3n) is 6.63. The fraction of sp³-hybridized carbons (Fsp3) is 0.708. The number of carbonyl (C=O) groups excluding carboxylic acids is 3. The van der Waals surface area contributed by atoms with Crippen LogP contribution in [0.5, 0.6) is 0 Å². The van der Waals surface area contributed by atoms with Gasteiger partial charge in [0.25, 0.3) is 5.56 Å². The van der Waals surface area contributed by atoms with Crippen molar-refractivity contribution >= 4 is 26.1 Å². The highest BCUT2D eigenvalue weighted by molar-refractivity contribution is 7.48. The average molecular weight is 688 g/mol. The van der Waals surface area contributed by atoms with E-state index in [9.17, 15) is 38.8 Å². The number of rotatable bonds is 15. The van der Waals surface area contributed by atoms with Crippen LogP contribution in [0.15, 0.2) is 21.9 Å². The summed E-state index contributed by atoms with van der Waals surface area (Å²) in [4.78, 5) is 62.4. The quantitative estimate of drug-likeness (QED) is 0.0797. The van der Waals surface area contributed by atoms with Crippen LogP contribution in [0.4, 0.5) is 14.0 Å². The van der Waals surface area contributed by atoms with E-state index in [0.29, 0.717) is 4.57 Å². The highest BCUT2D eigenvalue weighted by Gasteiger charge is 2.96. The number of hydrogen-bond acceptors (Lipinski definition) is 18. The van der Waals surface area contributed by atoms with E-state index in [1.54, 1.807) is 0 Å². The Bertz CT molecular complexity index is 1420. The summed E-state index contributed by atoms with van der Waals surface area (Å²) in [6.45, 7) is 1.96. The summed E-state index contributed by atoms with van der Waals surface area (Å²) in [5.74, 6) is -1.42. The molecule has 1 aromatic heterocycles. The Balaban J connectivity index is 1.99. The van der Waals surface area contributed by atoms with Crippen molar-refractivity contribution < 1.29 is 75.5 Å². The lowest BCUT2D eigenvalue weighted by Crippen LogP contribution is -2.54. The second-order valence-corrected chi connectivity index (χ2v) is 12.3. The molecule has 20 nitrogen and oxygen atoms in total. The van der Waals surface area contributed by atoms with Crippen molar-refractivity contribution in [1.29, 1.82) is 0 Å². The first-order valence-electron chi connectivity index (χ1n) is 13.5. The molecule has 260 valence electrons. The van der Waals surface area contributed by atoms with Gasteiger partial charge in [0.05, 0.1) is 18.8 Å². The number of halogens is 1. The molecule has 0 bridgehead atoms. The summed E-state index contributed by atoms with van der Waals surface area (Å²) in [6, 6.07) is -0.857. The molecule has 2 unspecified atom stereocenters. The molecule has 2 aliphatic rings. The molecule has 1 aliphatic carbocycles. The summed E-state index contributed by atoms with van der Waals surface area (Å²) >= 11 is 0. The molecule has 0 radical (unpaired) electrons. The molecule has 1 saturated carbocycles. The van der Waals surface area contributed by atoms with Crippen LogP contribution in [0.1, 0.15) is 40.8 Å². The van der Waals surface area contributed by atoms with Gasteiger partial charge in [0.1, 0.15) is 12.7 Å². The smallest absolute Gasteiger partial charge is 0.448 e. The summed E-state index contributed by atoms with van der Waals surface area (Å²) in [6.07, 6.45) is -6.86. The fourth-order valence-electron chi connectivity index (χ4n) is 4.60. The van der Waals surface area contributed by atoms with E-state index < -0.39 is 112 Å². The minimum absolute atomic E-state index is 0.621. The second kappa shape index (κ2) is 14.1. The van der Waals surface area contributed by atoms with Gasteiger partial charge < -0.3 is 44.4 Å². The van der Waals surface area contributed by atoms with Gasteiger partial charge in [0.15, 0.2) is 23.5 Å². The third-order valence-corrected chi connectivity index (χ3v) is 7.94. The van der Waals surface area contributed by atoms with Gasteiger partial charge in [-0.1, -0.05) is 0 Å². The molecule has 2 heterocycles. The maximum Gasteiger partial charge on any atom is 0.510 e. The van der Waals surface area contributed by atoms with Crippen molar-refractivity contribution in [3.05, 3.63) is 33.1 Å². The summed E-state index contributed by atoms with van der Waals surface area (Å²) in [5, 5.41) is 21.1. The van der Waals surface area contributed by atoms with Gasteiger partial charge in [0.2, 0.25) is 19.2 Å². The van der Waals surface area contributed by atoms with Gasteiger partial charge in [-0.15, -0.1) is 0 Å². The Hall–Kier alpha value is -3.43. The van der Waals surface area contributed by atoms with Crippen molar-refractivity contribution in [2.45, 2.75) is 82.0 Å². The highest BCUT2D eigenvalue weighted by Crippen LogP contribution is 2.73. The van der Waals surface area contributed by atoms with Crippen molar-refractivity contribution in [3.8, 4) is 0 Å². The molecule has 0 amide bonds. The highest BCUT2D eigenvalue weighted by atomic mass is 31.2. The van der Waals surface area contributed by atoms with E-state index in [1.165, 1.54) is 27.7 Å². The standard InChI is InChI=1S/C24H35FN3O17P/c1-12(2)41-20(33)37-10-39-46(36,40-11-38-21(34)42-13(3)4)45-17-23(9-25)24(17,43-16(31)14(26)8-29)22(5,35)18(44-23)28-7-6-15(30)27-19(28)32/h6-7,12-14,17-18,29,35H,8-11,26H2,1-5H3,(H,27,30,32)/t14?,17?,18-,22+,23-,24+/m1/s1. The number of phosphoric acid groups is 1. The third kappa shape index (κ3) is 7.26. The molecule has 1 saturated heterocycles. The molecule has 6 atom stereocenters. The number of alkyl halides is 1. The number of ether oxygens (including phenoxy) is 6. The number of nitrogens with two attached hydrogens (primary N) is 1. The molecular formula is C24H35FN3O17P. The van der Waals surface area contributed by atoms with Crippen molar-refractivity contribution in [2.75, 3.05) is 26.9 Å². The zero-order chi connectivity index (χ0) is 34.7. The Morgan fingerprint density at radius 1 is 1.11 bits per heavy atom. The van der Waals surface area contributed by atoms with Gasteiger partial charge in [-0.2, -0.15) is 0 Å². The van der Waals surface area contributed by atoms with Crippen LogP contribution in [0, 0.1) is 0 Å². The van der Waals surface area contributed by atoms with E-state index in [4.69, 9.17) is 38.3 Å². The lowest BCUT2D eigenvalue weighted by molar-refractivity contribution is -0.191. The van der Waals surface area contributed by atoms with E-state index in [2.05, 4.69) is 9.47 Å². The number of aliphatic hydroxyl groups excluding tert-OH is 1. The number of esters is 1. The van der Waals surface area contributed by atoms with Crippen LogP contribution in [0.2, 0.25) is 0 Å². The minimum atomic E-state index is -5.20. The number of aliphatic hydroxyl groups is 2. The van der Waals surface area contributed by atoms with Crippen molar-refractivity contribution in [2.24, 2.45) is 5.73 Å². The fourth-order valence-corrected chi connectivity index (χ4v) is 5.73. The molecular weight excluding hydrogens is 652 g/mol. The molecule has 3 rings (SSSR count). The topological polar surface area (TPSA) is 273 Å². The normalized spacial score (nSPS) is 27.5. The second-order valence-electron chi connectivity index (χ2n) is 10.7. The molecule has 0 aromatic carbocycles. The van der Waals surface area contributed by atoms with E-state index in [0.717, 1.165) is 19.2 Å². The predicted octanol–water partition coefficient (Wildman–Crippen LogP) is -0.295. The number of carbonyl (C=O) groups is 3. The van der Waals surface area contributed by atoms with Crippen LogP contribution >= 0.6 is 7.82 Å². The molecule has 1 aliphatic heterocycles. The first-order chi connectivity index (χ1) is 21.4. The van der Waals surface area contributed by atoms with Crippen molar-refractivity contribution in [3.63, 3.8) is 0 Å². The Labute approximate surface area is 259 Å². The lowest BCUT2D eigenvalue weighted by atomic mass is 9.93. The molecule has 2 fully saturated rings.